The number of amides is 2. The first-order valence-electron chi connectivity index (χ1n) is 11.0. The van der Waals surface area contributed by atoms with Gasteiger partial charge in [-0.2, -0.15) is 0 Å². The van der Waals surface area contributed by atoms with Crippen LogP contribution in [0.2, 0.25) is 0 Å². The minimum Gasteiger partial charge on any atom is -0.454 e. The van der Waals surface area contributed by atoms with Crippen LogP contribution in [0.1, 0.15) is 16.7 Å². The highest BCUT2D eigenvalue weighted by Gasteiger charge is 2.27. The lowest BCUT2D eigenvalue weighted by molar-refractivity contribution is 0.181. The third-order valence-electron chi connectivity index (χ3n) is 5.88. The monoisotopic (exact) mass is 444 g/mol. The van der Waals surface area contributed by atoms with Gasteiger partial charge in [0.2, 0.25) is 0 Å². The molecule has 168 valence electrons. The van der Waals surface area contributed by atoms with E-state index in [1.165, 1.54) is 12.1 Å². The Morgan fingerprint density at radius 3 is 2.48 bits per heavy atom. The standard InChI is InChI=1S/C26H25FN4O2/c1-17-7-9-23-21(14-17)25(29-22-8-6-18(2)15-24(22)33-23)30-10-12-31(13-11-30)26(32)28-20-5-3-4-19(27)16-20/h3-9,14-16H,10-13H2,1-2H3,(H,28,32). The molecule has 0 saturated carbocycles. The number of aryl methyl sites for hydroxylation is 2. The molecule has 0 unspecified atom stereocenters. The van der Waals surface area contributed by atoms with Gasteiger partial charge < -0.3 is 19.9 Å². The first kappa shape index (κ1) is 21.0. The molecule has 7 heteroatoms. The van der Waals surface area contributed by atoms with Gasteiger partial charge in [-0.1, -0.05) is 23.8 Å². The number of carbonyl (C=O) groups is 1. The van der Waals surface area contributed by atoms with Gasteiger partial charge >= 0.3 is 6.03 Å². The molecule has 2 aliphatic heterocycles. The lowest BCUT2D eigenvalue weighted by atomic mass is 10.1. The van der Waals surface area contributed by atoms with Crippen LogP contribution < -0.4 is 10.1 Å². The molecular formula is C26H25FN4O2. The number of carbonyl (C=O) groups excluding carboxylic acids is 1. The number of aliphatic imine (C=N–C) groups is 1. The number of hydrogen-bond donors (Lipinski definition) is 1. The van der Waals surface area contributed by atoms with Crippen LogP contribution in [0.15, 0.2) is 65.7 Å². The van der Waals surface area contributed by atoms with Crippen molar-refractivity contribution in [2.45, 2.75) is 13.8 Å². The number of halogens is 1. The van der Waals surface area contributed by atoms with E-state index in [0.29, 0.717) is 31.9 Å². The number of nitrogens with one attached hydrogen (secondary N) is 1. The number of ether oxygens (including phenoxy) is 1. The predicted octanol–water partition coefficient (Wildman–Crippen LogP) is 5.48. The van der Waals surface area contributed by atoms with E-state index in [1.54, 1.807) is 17.0 Å². The van der Waals surface area contributed by atoms with E-state index in [1.807, 2.05) is 37.3 Å². The van der Waals surface area contributed by atoms with Crippen molar-refractivity contribution in [3.05, 3.63) is 83.2 Å². The molecule has 3 aromatic rings. The summed E-state index contributed by atoms with van der Waals surface area (Å²) in [5.74, 6) is 1.98. The minimum absolute atomic E-state index is 0.233. The van der Waals surface area contributed by atoms with E-state index in [-0.39, 0.29) is 11.8 Å². The molecule has 1 N–H and O–H groups in total. The molecule has 0 aliphatic carbocycles. The van der Waals surface area contributed by atoms with Gasteiger partial charge in [-0.25, -0.2) is 14.2 Å². The van der Waals surface area contributed by atoms with Crippen LogP contribution in [0.25, 0.3) is 0 Å². The molecule has 3 aromatic carbocycles. The molecule has 2 aliphatic rings. The fraction of sp³-hybridized carbons (Fsp3) is 0.231. The van der Waals surface area contributed by atoms with Gasteiger partial charge in [0.25, 0.3) is 0 Å². The zero-order valence-corrected chi connectivity index (χ0v) is 18.6. The number of nitrogens with zero attached hydrogens (tertiary/aromatic N) is 3. The lowest BCUT2D eigenvalue weighted by Crippen LogP contribution is -2.51. The van der Waals surface area contributed by atoms with Crippen LogP contribution >= 0.6 is 0 Å². The van der Waals surface area contributed by atoms with E-state index in [2.05, 4.69) is 23.2 Å². The van der Waals surface area contributed by atoms with Crippen LogP contribution in [0, 0.1) is 19.7 Å². The molecule has 33 heavy (non-hydrogen) atoms. The van der Waals surface area contributed by atoms with Gasteiger partial charge in [0, 0.05) is 31.9 Å². The summed E-state index contributed by atoms with van der Waals surface area (Å²) >= 11 is 0. The first-order chi connectivity index (χ1) is 16.0. The van der Waals surface area contributed by atoms with Crippen molar-refractivity contribution in [3.8, 4) is 11.5 Å². The normalized spacial score (nSPS) is 15.1. The second-order valence-corrected chi connectivity index (χ2v) is 8.42. The second kappa shape index (κ2) is 8.58. The van der Waals surface area contributed by atoms with Crippen molar-refractivity contribution in [1.82, 2.24) is 9.80 Å². The Morgan fingerprint density at radius 1 is 0.939 bits per heavy atom. The summed E-state index contributed by atoms with van der Waals surface area (Å²) in [6, 6.07) is 17.8. The quantitative estimate of drug-likeness (QED) is 0.541. The van der Waals surface area contributed by atoms with E-state index in [4.69, 9.17) is 9.73 Å². The summed E-state index contributed by atoms with van der Waals surface area (Å²) < 4.78 is 19.7. The number of urea groups is 1. The number of hydrogen-bond acceptors (Lipinski definition) is 4. The highest BCUT2D eigenvalue weighted by Crippen LogP contribution is 2.39. The van der Waals surface area contributed by atoms with Crippen molar-refractivity contribution < 1.29 is 13.9 Å². The molecule has 0 bridgehead atoms. The van der Waals surface area contributed by atoms with Crippen LogP contribution in [0.5, 0.6) is 11.5 Å². The summed E-state index contributed by atoms with van der Waals surface area (Å²) in [6.07, 6.45) is 0. The van der Waals surface area contributed by atoms with Crippen molar-refractivity contribution in [1.29, 1.82) is 0 Å². The van der Waals surface area contributed by atoms with Crippen LogP contribution in [-0.4, -0.2) is 47.8 Å². The molecule has 0 spiro atoms. The molecule has 6 nitrogen and oxygen atoms in total. The lowest BCUT2D eigenvalue weighted by Gasteiger charge is -2.36. The Balaban J connectivity index is 1.37. The molecule has 1 saturated heterocycles. The van der Waals surface area contributed by atoms with E-state index < -0.39 is 0 Å². The summed E-state index contributed by atoms with van der Waals surface area (Å²) in [7, 11) is 0. The maximum Gasteiger partial charge on any atom is 0.321 e. The number of amidine groups is 1. The number of benzene rings is 3. The fourth-order valence-electron chi connectivity index (χ4n) is 4.13. The average Bonchev–Trinajstić information content (AvgIpc) is 2.95. The van der Waals surface area contributed by atoms with Gasteiger partial charge in [0.15, 0.2) is 5.75 Å². The molecule has 2 amide bonds. The molecule has 0 aromatic heterocycles. The number of piperazine rings is 1. The Morgan fingerprint density at radius 2 is 1.70 bits per heavy atom. The van der Waals surface area contributed by atoms with Crippen LogP contribution in [-0.2, 0) is 0 Å². The SMILES string of the molecule is Cc1ccc2c(c1)Oc1ccc(C)cc1C(N1CCN(C(=O)Nc3cccc(F)c3)CC1)=N2. The van der Waals surface area contributed by atoms with Crippen molar-refractivity contribution in [2.75, 3.05) is 31.5 Å². The molecule has 1 fully saturated rings. The Hall–Kier alpha value is -3.87. The van der Waals surface area contributed by atoms with Gasteiger partial charge in [0.1, 0.15) is 23.1 Å². The minimum atomic E-state index is -0.379. The maximum absolute atomic E-state index is 13.4. The van der Waals surface area contributed by atoms with Crippen molar-refractivity contribution >= 4 is 23.2 Å². The second-order valence-electron chi connectivity index (χ2n) is 8.42. The highest BCUT2D eigenvalue weighted by molar-refractivity contribution is 6.04. The number of fused-ring (bicyclic) bond motifs is 2. The first-order valence-corrected chi connectivity index (χ1v) is 11.0. The van der Waals surface area contributed by atoms with E-state index >= 15 is 0 Å². The van der Waals surface area contributed by atoms with E-state index in [9.17, 15) is 9.18 Å². The van der Waals surface area contributed by atoms with Gasteiger partial charge in [-0.15, -0.1) is 0 Å². The Bertz CT molecular complexity index is 1250. The third kappa shape index (κ3) is 4.39. The number of rotatable bonds is 1. The van der Waals surface area contributed by atoms with Crippen molar-refractivity contribution in [2.24, 2.45) is 4.99 Å². The Kier molecular flexibility index (Phi) is 5.46. The van der Waals surface area contributed by atoms with Gasteiger partial charge in [-0.3, -0.25) is 0 Å². The molecular weight excluding hydrogens is 419 g/mol. The molecule has 2 heterocycles. The molecule has 0 radical (unpaired) electrons. The molecule has 5 rings (SSSR count). The predicted molar refractivity (Wildman–Crippen MR) is 127 cm³/mol. The van der Waals surface area contributed by atoms with E-state index in [0.717, 1.165) is 39.7 Å². The van der Waals surface area contributed by atoms with Crippen LogP contribution in [0.3, 0.4) is 0 Å². The summed E-state index contributed by atoms with van der Waals surface area (Å²) in [6.45, 7) is 6.40. The average molecular weight is 445 g/mol. The largest absolute Gasteiger partial charge is 0.454 e. The Labute approximate surface area is 192 Å². The number of anilines is 1. The highest BCUT2D eigenvalue weighted by atomic mass is 19.1. The van der Waals surface area contributed by atoms with Gasteiger partial charge in [-0.05, 0) is 61.9 Å². The molecule has 0 atom stereocenters. The zero-order valence-electron chi connectivity index (χ0n) is 18.6. The smallest absolute Gasteiger partial charge is 0.321 e. The zero-order chi connectivity index (χ0) is 22.9. The van der Waals surface area contributed by atoms with Crippen molar-refractivity contribution in [3.63, 3.8) is 0 Å². The fourth-order valence-corrected chi connectivity index (χ4v) is 4.13. The summed E-state index contributed by atoms with van der Waals surface area (Å²) in [4.78, 5) is 21.6. The summed E-state index contributed by atoms with van der Waals surface area (Å²) in [5.41, 5.74) is 4.42. The summed E-state index contributed by atoms with van der Waals surface area (Å²) in [5, 5.41) is 2.78. The topological polar surface area (TPSA) is 57.2 Å². The maximum atomic E-state index is 13.4. The van der Waals surface area contributed by atoms with Crippen LogP contribution in [0.4, 0.5) is 20.6 Å². The third-order valence-corrected chi connectivity index (χ3v) is 5.88. The van der Waals surface area contributed by atoms with Gasteiger partial charge in [0.05, 0.1) is 5.56 Å².